The number of esters is 1. The zero-order chi connectivity index (χ0) is 16.7. The standard InChI is InChI=1S/C16H19N3O3S/c1-2-22-16(21)13(18-17)10-11-19-14(20)8-9-15(19)23-12-6-4-3-5-7-12/h3-7,15H,2,8-11H2,1H3. The third-order valence-corrected chi connectivity index (χ3v) is 4.82. The Kier molecular flexibility index (Phi) is 6.38. The third-order valence-electron chi connectivity index (χ3n) is 3.51. The lowest BCUT2D eigenvalue weighted by atomic mass is 10.2. The highest BCUT2D eigenvalue weighted by atomic mass is 32.2. The van der Waals surface area contributed by atoms with Crippen molar-refractivity contribution in [1.29, 1.82) is 0 Å². The maximum atomic E-state index is 12.1. The van der Waals surface area contributed by atoms with Gasteiger partial charge < -0.3 is 15.2 Å². The fourth-order valence-corrected chi connectivity index (χ4v) is 3.60. The predicted octanol–water partition coefficient (Wildman–Crippen LogP) is 2.35. The van der Waals surface area contributed by atoms with Gasteiger partial charge in [0.25, 0.3) is 0 Å². The minimum atomic E-state index is -0.645. The van der Waals surface area contributed by atoms with Gasteiger partial charge in [-0.05, 0) is 25.5 Å². The number of hydrogen-bond acceptors (Lipinski definition) is 4. The summed E-state index contributed by atoms with van der Waals surface area (Å²) in [6.07, 6.45) is 1.44. The average molecular weight is 333 g/mol. The molecule has 6 nitrogen and oxygen atoms in total. The van der Waals surface area contributed by atoms with Gasteiger partial charge in [0.2, 0.25) is 5.91 Å². The number of rotatable bonds is 7. The molecule has 0 N–H and O–H groups in total. The van der Waals surface area contributed by atoms with E-state index in [2.05, 4.69) is 4.79 Å². The van der Waals surface area contributed by atoms with E-state index in [1.807, 2.05) is 30.3 Å². The number of carbonyl (C=O) groups excluding carboxylic acids is 2. The molecule has 1 heterocycles. The Labute approximate surface area is 139 Å². The van der Waals surface area contributed by atoms with Crippen molar-refractivity contribution in [3.05, 3.63) is 35.9 Å². The SMILES string of the molecule is CCOC(=O)C(CCN1C(=O)CCC1Sc1ccccc1)=[N+]=[N-]. The molecule has 1 aromatic rings. The van der Waals surface area contributed by atoms with Crippen molar-refractivity contribution in [2.24, 2.45) is 0 Å². The van der Waals surface area contributed by atoms with Crippen LogP contribution in [0, 0.1) is 0 Å². The molecule has 1 aliphatic rings. The molecule has 1 aliphatic heterocycles. The van der Waals surface area contributed by atoms with Crippen LogP contribution in [0.4, 0.5) is 0 Å². The van der Waals surface area contributed by atoms with Crippen LogP contribution in [-0.4, -0.2) is 45.8 Å². The number of nitrogens with zero attached hydrogens (tertiary/aromatic N) is 3. The molecule has 1 saturated heterocycles. The first-order valence-electron chi connectivity index (χ1n) is 7.55. The molecule has 1 unspecified atom stereocenters. The van der Waals surface area contributed by atoms with Crippen LogP contribution in [0.2, 0.25) is 0 Å². The van der Waals surface area contributed by atoms with E-state index in [-0.39, 0.29) is 30.0 Å². The molecule has 2 rings (SSSR count). The van der Waals surface area contributed by atoms with Crippen molar-refractivity contribution < 1.29 is 19.1 Å². The molecule has 1 aromatic carbocycles. The normalized spacial score (nSPS) is 17.0. The zero-order valence-corrected chi connectivity index (χ0v) is 13.8. The summed E-state index contributed by atoms with van der Waals surface area (Å²) < 4.78 is 4.82. The summed E-state index contributed by atoms with van der Waals surface area (Å²) >= 11 is 1.63. The van der Waals surface area contributed by atoms with Gasteiger partial charge in [-0.25, -0.2) is 4.79 Å². The number of likely N-dealkylation sites (tertiary alicyclic amines) is 1. The summed E-state index contributed by atoms with van der Waals surface area (Å²) in [7, 11) is 0. The van der Waals surface area contributed by atoms with E-state index in [0.29, 0.717) is 13.0 Å². The largest absolute Gasteiger partial charge is 0.457 e. The molecule has 0 aromatic heterocycles. The summed E-state index contributed by atoms with van der Waals surface area (Å²) in [6, 6.07) is 9.88. The first kappa shape index (κ1) is 17.2. The highest BCUT2D eigenvalue weighted by Gasteiger charge is 2.33. The van der Waals surface area contributed by atoms with Crippen LogP contribution in [-0.2, 0) is 14.3 Å². The number of ether oxygens (including phenoxy) is 1. The van der Waals surface area contributed by atoms with Crippen molar-refractivity contribution in [2.75, 3.05) is 13.2 Å². The smallest absolute Gasteiger partial charge is 0.416 e. The summed E-state index contributed by atoms with van der Waals surface area (Å²) in [5, 5.41) is 0.0343. The van der Waals surface area contributed by atoms with E-state index < -0.39 is 5.97 Å². The maximum Gasteiger partial charge on any atom is 0.416 e. The monoisotopic (exact) mass is 333 g/mol. The molecule has 0 spiro atoms. The van der Waals surface area contributed by atoms with Gasteiger partial charge >= 0.3 is 11.7 Å². The Hall–Kier alpha value is -2.11. The molecule has 0 radical (unpaired) electrons. The van der Waals surface area contributed by atoms with Crippen molar-refractivity contribution >= 4 is 29.4 Å². The molecular formula is C16H19N3O3S. The second-order valence-corrected chi connectivity index (χ2v) is 6.28. The predicted molar refractivity (Wildman–Crippen MR) is 86.9 cm³/mol. The summed E-state index contributed by atoms with van der Waals surface area (Å²) in [4.78, 5) is 29.5. The molecule has 1 fully saturated rings. The van der Waals surface area contributed by atoms with Crippen LogP contribution in [0.25, 0.3) is 5.53 Å². The zero-order valence-electron chi connectivity index (χ0n) is 13.0. The molecule has 1 atom stereocenters. The summed E-state index contributed by atoms with van der Waals surface area (Å²) in [5.74, 6) is -0.589. The summed E-state index contributed by atoms with van der Waals surface area (Å²) in [6.45, 7) is 2.23. The second-order valence-electron chi connectivity index (χ2n) is 5.03. The molecular weight excluding hydrogens is 314 g/mol. The number of benzene rings is 1. The number of hydrogen-bond donors (Lipinski definition) is 0. The van der Waals surface area contributed by atoms with Gasteiger partial charge in [-0.2, -0.15) is 4.79 Å². The number of amides is 1. The topological polar surface area (TPSA) is 83.0 Å². The van der Waals surface area contributed by atoms with Gasteiger partial charge in [0, 0.05) is 17.9 Å². The van der Waals surface area contributed by atoms with E-state index >= 15 is 0 Å². The van der Waals surface area contributed by atoms with Gasteiger partial charge in [-0.15, -0.1) is 11.8 Å². The molecule has 122 valence electrons. The minimum absolute atomic E-state index is 0.0343. The Balaban J connectivity index is 1.97. The van der Waals surface area contributed by atoms with E-state index in [9.17, 15) is 9.59 Å². The molecule has 0 aliphatic carbocycles. The van der Waals surface area contributed by atoms with E-state index in [0.717, 1.165) is 11.3 Å². The molecule has 0 bridgehead atoms. The van der Waals surface area contributed by atoms with E-state index in [1.54, 1.807) is 23.6 Å². The van der Waals surface area contributed by atoms with Crippen molar-refractivity contribution in [2.45, 2.75) is 36.5 Å². The van der Waals surface area contributed by atoms with Crippen LogP contribution in [0.5, 0.6) is 0 Å². The molecule has 0 saturated carbocycles. The van der Waals surface area contributed by atoms with Crippen molar-refractivity contribution in [1.82, 2.24) is 4.90 Å². The van der Waals surface area contributed by atoms with Gasteiger partial charge in [-0.1, -0.05) is 18.2 Å². The van der Waals surface area contributed by atoms with Crippen molar-refractivity contribution in [3.8, 4) is 0 Å². The van der Waals surface area contributed by atoms with Gasteiger partial charge in [0.15, 0.2) is 0 Å². The maximum absolute atomic E-state index is 12.1. The fourth-order valence-electron chi connectivity index (χ4n) is 2.39. The molecule has 7 heteroatoms. The Morgan fingerprint density at radius 1 is 1.43 bits per heavy atom. The van der Waals surface area contributed by atoms with Gasteiger partial charge in [-0.3, -0.25) is 4.79 Å². The minimum Gasteiger partial charge on any atom is -0.457 e. The van der Waals surface area contributed by atoms with Crippen LogP contribution >= 0.6 is 11.8 Å². The van der Waals surface area contributed by atoms with E-state index in [1.165, 1.54) is 0 Å². The van der Waals surface area contributed by atoms with Crippen LogP contribution < -0.4 is 0 Å². The van der Waals surface area contributed by atoms with Gasteiger partial charge in [0.1, 0.15) is 0 Å². The van der Waals surface area contributed by atoms with Crippen LogP contribution in [0.3, 0.4) is 0 Å². The fraction of sp³-hybridized carbons (Fsp3) is 0.438. The second kappa shape index (κ2) is 8.50. The highest BCUT2D eigenvalue weighted by molar-refractivity contribution is 8.00. The van der Waals surface area contributed by atoms with Crippen LogP contribution in [0.1, 0.15) is 26.2 Å². The first-order valence-corrected chi connectivity index (χ1v) is 8.43. The Morgan fingerprint density at radius 2 is 2.17 bits per heavy atom. The third kappa shape index (κ3) is 4.68. The number of carbonyl (C=O) groups is 2. The summed E-state index contributed by atoms with van der Waals surface area (Å²) in [5.41, 5.74) is 8.88. The first-order chi connectivity index (χ1) is 11.2. The van der Waals surface area contributed by atoms with Crippen LogP contribution in [0.15, 0.2) is 35.2 Å². The number of thioether (sulfide) groups is 1. The van der Waals surface area contributed by atoms with E-state index in [4.69, 9.17) is 10.3 Å². The average Bonchev–Trinajstić information content (AvgIpc) is 2.90. The lowest BCUT2D eigenvalue weighted by molar-refractivity contribution is -0.140. The Morgan fingerprint density at radius 3 is 2.83 bits per heavy atom. The quantitative estimate of drug-likeness (QED) is 0.332. The lowest BCUT2D eigenvalue weighted by Crippen LogP contribution is -2.34. The van der Waals surface area contributed by atoms with Crippen molar-refractivity contribution in [3.63, 3.8) is 0 Å². The molecule has 23 heavy (non-hydrogen) atoms. The Bertz CT molecular complexity index is 614. The highest BCUT2D eigenvalue weighted by Crippen LogP contribution is 2.33. The molecule has 1 amide bonds. The van der Waals surface area contributed by atoms with Gasteiger partial charge in [0.05, 0.1) is 18.4 Å². The lowest BCUT2D eigenvalue weighted by Gasteiger charge is -2.23.